The summed E-state index contributed by atoms with van der Waals surface area (Å²) in [5.41, 5.74) is 2.83. The van der Waals surface area contributed by atoms with Gasteiger partial charge in [-0.15, -0.1) is 0 Å². The highest BCUT2D eigenvalue weighted by molar-refractivity contribution is 5.90. The molecular weight excluding hydrogens is 540 g/mol. The number of ether oxygens (including phenoxy) is 4. The van der Waals surface area contributed by atoms with Crippen molar-refractivity contribution in [2.24, 2.45) is 0 Å². The number of esters is 2. The Hall–Kier alpha value is -4.52. The number of piperazine rings is 2. The molecule has 4 saturated heterocycles. The van der Waals surface area contributed by atoms with E-state index in [0.29, 0.717) is 37.3 Å². The van der Waals surface area contributed by atoms with Crippen molar-refractivity contribution >= 4 is 23.3 Å². The summed E-state index contributed by atoms with van der Waals surface area (Å²) in [6.45, 7) is 6.00. The van der Waals surface area contributed by atoms with Crippen molar-refractivity contribution in [2.75, 3.05) is 75.4 Å². The number of benzene rings is 2. The third-order valence-electron chi connectivity index (χ3n) is 8.26. The summed E-state index contributed by atoms with van der Waals surface area (Å²) in [5.74, 6) is -0.938. The fourth-order valence-corrected chi connectivity index (χ4v) is 5.79. The molecule has 0 spiro atoms. The quantitative estimate of drug-likeness (QED) is 0.367. The van der Waals surface area contributed by atoms with E-state index < -0.39 is 36.4 Å². The maximum absolute atomic E-state index is 12.9. The number of nitriles is 2. The van der Waals surface area contributed by atoms with Crippen LogP contribution in [0.1, 0.15) is 20.7 Å². The molecule has 0 bridgehead atoms. The Morgan fingerprint density at radius 3 is 1.31 bits per heavy atom. The van der Waals surface area contributed by atoms with E-state index in [2.05, 4.69) is 22.2 Å². The zero-order valence-corrected chi connectivity index (χ0v) is 23.1. The molecule has 4 fully saturated rings. The predicted octanol–water partition coefficient (Wildman–Crippen LogP) is 1.44. The number of fused-ring (bicyclic) bond motifs is 1. The predicted molar refractivity (Wildman–Crippen MR) is 150 cm³/mol. The van der Waals surface area contributed by atoms with Crippen LogP contribution in [0.15, 0.2) is 48.5 Å². The van der Waals surface area contributed by atoms with Crippen LogP contribution >= 0.6 is 0 Å². The van der Waals surface area contributed by atoms with Gasteiger partial charge >= 0.3 is 11.9 Å². The molecule has 0 saturated carbocycles. The van der Waals surface area contributed by atoms with Crippen LogP contribution in [0.4, 0.5) is 11.4 Å². The molecule has 4 unspecified atom stereocenters. The fraction of sp³-hybridized carbons (Fsp3) is 0.467. The summed E-state index contributed by atoms with van der Waals surface area (Å²) < 4.78 is 23.2. The molecule has 42 heavy (non-hydrogen) atoms. The van der Waals surface area contributed by atoms with E-state index in [1.807, 2.05) is 24.3 Å². The molecule has 0 aromatic heterocycles. The minimum absolute atomic E-state index is 0.157. The van der Waals surface area contributed by atoms with Gasteiger partial charge in [0.1, 0.15) is 12.2 Å². The van der Waals surface area contributed by atoms with Crippen LogP contribution in [-0.4, -0.2) is 112 Å². The van der Waals surface area contributed by atoms with Crippen LogP contribution in [0.3, 0.4) is 0 Å². The lowest BCUT2D eigenvalue weighted by molar-refractivity contribution is -0.0287. The standard InChI is InChI=1S/C30H32N6O6/c31-19-33-9-13-35(14-10-33)23-5-1-21(2-6-23)29(37)41-25-17-39-28-26(18-40-27(25)28)42-30(38)22-3-7-24(8-4-22)36-15-11-34(20-32)12-16-36/h1-8,25-28H,9-18H2. The van der Waals surface area contributed by atoms with Gasteiger partial charge in [-0.05, 0) is 48.5 Å². The number of carbonyl (C=O) groups is 2. The topological polar surface area (TPSA) is 132 Å². The lowest BCUT2D eigenvalue weighted by Gasteiger charge is -2.33. The molecule has 218 valence electrons. The Bertz CT molecular complexity index is 1250. The molecule has 0 radical (unpaired) electrons. The number of hydrogen-bond donors (Lipinski definition) is 0. The minimum atomic E-state index is -0.606. The van der Waals surface area contributed by atoms with Crippen molar-refractivity contribution in [3.8, 4) is 12.4 Å². The van der Waals surface area contributed by atoms with E-state index in [1.54, 1.807) is 34.1 Å². The smallest absolute Gasteiger partial charge is 0.338 e. The maximum Gasteiger partial charge on any atom is 0.338 e. The molecule has 12 heteroatoms. The van der Waals surface area contributed by atoms with Gasteiger partial charge in [-0.1, -0.05) is 0 Å². The van der Waals surface area contributed by atoms with Gasteiger partial charge in [0.15, 0.2) is 24.6 Å². The van der Waals surface area contributed by atoms with Gasteiger partial charge in [-0.3, -0.25) is 0 Å². The summed E-state index contributed by atoms with van der Waals surface area (Å²) in [6.07, 6.45) is 2.10. The second-order valence-electron chi connectivity index (χ2n) is 10.7. The minimum Gasteiger partial charge on any atom is -0.453 e. The highest BCUT2D eigenvalue weighted by atomic mass is 16.7. The fourth-order valence-electron chi connectivity index (χ4n) is 5.79. The number of anilines is 2. The highest BCUT2D eigenvalue weighted by Gasteiger charge is 2.51. The Morgan fingerprint density at radius 1 is 0.619 bits per heavy atom. The van der Waals surface area contributed by atoms with Gasteiger partial charge in [-0.2, -0.15) is 10.5 Å². The van der Waals surface area contributed by atoms with E-state index in [4.69, 9.17) is 29.5 Å². The Kier molecular flexibility index (Phi) is 8.00. The van der Waals surface area contributed by atoms with Gasteiger partial charge in [0.25, 0.3) is 0 Å². The SMILES string of the molecule is N#CN1CCN(c2ccc(C(=O)OC3COC4C(OC(=O)c5ccc(N6CCN(C#N)CC6)cc5)COC34)cc2)CC1. The van der Waals surface area contributed by atoms with E-state index in [1.165, 1.54) is 0 Å². The molecule has 6 rings (SSSR count). The summed E-state index contributed by atoms with van der Waals surface area (Å²) in [5, 5.41) is 18.1. The van der Waals surface area contributed by atoms with Crippen molar-refractivity contribution in [1.82, 2.24) is 9.80 Å². The summed E-state index contributed by atoms with van der Waals surface area (Å²) in [7, 11) is 0. The third-order valence-corrected chi connectivity index (χ3v) is 8.26. The normalized spacial score (nSPS) is 25.4. The van der Waals surface area contributed by atoms with Gasteiger partial charge in [-0.25, -0.2) is 9.59 Å². The lowest BCUT2D eigenvalue weighted by Crippen LogP contribution is -2.44. The molecule has 0 amide bonds. The highest BCUT2D eigenvalue weighted by Crippen LogP contribution is 2.32. The molecular formula is C30H32N6O6. The van der Waals surface area contributed by atoms with Crippen LogP contribution in [0.2, 0.25) is 0 Å². The average molecular weight is 573 g/mol. The van der Waals surface area contributed by atoms with Crippen molar-refractivity contribution < 1.29 is 28.5 Å². The second-order valence-corrected chi connectivity index (χ2v) is 10.7. The van der Waals surface area contributed by atoms with Crippen molar-refractivity contribution in [3.05, 3.63) is 59.7 Å². The van der Waals surface area contributed by atoms with Crippen molar-refractivity contribution in [1.29, 1.82) is 10.5 Å². The largest absolute Gasteiger partial charge is 0.453 e. The second kappa shape index (κ2) is 12.1. The Balaban J connectivity index is 0.990. The van der Waals surface area contributed by atoms with Gasteiger partial charge in [0.2, 0.25) is 0 Å². The molecule has 2 aromatic carbocycles. The first kappa shape index (κ1) is 27.6. The zero-order valence-electron chi connectivity index (χ0n) is 23.1. The van der Waals surface area contributed by atoms with Crippen LogP contribution in [0, 0.1) is 22.9 Å². The molecule has 4 aliphatic heterocycles. The molecule has 4 heterocycles. The van der Waals surface area contributed by atoms with Crippen molar-refractivity contribution in [2.45, 2.75) is 24.4 Å². The van der Waals surface area contributed by atoms with Gasteiger partial charge < -0.3 is 38.5 Å². The first-order valence-electron chi connectivity index (χ1n) is 14.2. The summed E-state index contributed by atoms with van der Waals surface area (Å²) in [6, 6.07) is 14.5. The third kappa shape index (κ3) is 5.77. The monoisotopic (exact) mass is 572 g/mol. The van der Waals surface area contributed by atoms with E-state index in [9.17, 15) is 9.59 Å². The maximum atomic E-state index is 12.9. The lowest BCUT2D eigenvalue weighted by atomic mass is 10.1. The molecule has 4 aliphatic rings. The number of hydrogen-bond acceptors (Lipinski definition) is 12. The Labute approximate surface area is 244 Å². The van der Waals surface area contributed by atoms with Crippen LogP contribution in [0.25, 0.3) is 0 Å². The van der Waals surface area contributed by atoms with Crippen LogP contribution in [0.5, 0.6) is 0 Å². The van der Waals surface area contributed by atoms with Crippen LogP contribution in [-0.2, 0) is 18.9 Å². The van der Waals surface area contributed by atoms with Crippen molar-refractivity contribution in [3.63, 3.8) is 0 Å². The van der Waals surface area contributed by atoms with Gasteiger partial charge in [0.05, 0.1) is 24.3 Å². The number of rotatable bonds is 6. The van der Waals surface area contributed by atoms with Crippen LogP contribution < -0.4 is 9.80 Å². The van der Waals surface area contributed by atoms with E-state index >= 15 is 0 Å². The van der Waals surface area contributed by atoms with E-state index in [-0.39, 0.29) is 13.2 Å². The molecule has 2 aromatic rings. The number of nitrogens with zero attached hydrogens (tertiary/aromatic N) is 6. The molecule has 0 aliphatic carbocycles. The average Bonchev–Trinajstić information content (AvgIpc) is 3.64. The first-order chi connectivity index (χ1) is 20.5. The molecule has 0 N–H and O–H groups in total. The van der Waals surface area contributed by atoms with E-state index in [0.717, 1.165) is 37.6 Å². The first-order valence-corrected chi connectivity index (χ1v) is 14.2. The molecule has 12 nitrogen and oxygen atoms in total. The van der Waals surface area contributed by atoms with Gasteiger partial charge in [0, 0.05) is 63.7 Å². The number of carbonyl (C=O) groups excluding carboxylic acids is 2. The Morgan fingerprint density at radius 2 is 0.976 bits per heavy atom. The zero-order chi connectivity index (χ0) is 29.1. The summed E-state index contributed by atoms with van der Waals surface area (Å²) in [4.78, 5) is 33.6. The molecule has 4 atom stereocenters. The summed E-state index contributed by atoms with van der Waals surface area (Å²) >= 11 is 0.